The van der Waals surface area contributed by atoms with Gasteiger partial charge in [0.05, 0.1) is 0 Å². The van der Waals surface area contributed by atoms with Crippen molar-refractivity contribution in [1.82, 2.24) is 0 Å². The second-order valence-electron chi connectivity index (χ2n) is 7.32. The van der Waals surface area contributed by atoms with Crippen molar-refractivity contribution in [3.8, 4) is 0 Å². The van der Waals surface area contributed by atoms with Crippen molar-refractivity contribution in [3.63, 3.8) is 0 Å². The third kappa shape index (κ3) is 12.5. The van der Waals surface area contributed by atoms with Crippen LogP contribution in [0, 0.1) is 11.3 Å². The quantitative estimate of drug-likeness (QED) is 0.329. The molecule has 0 aromatic rings. The lowest BCUT2D eigenvalue weighted by atomic mass is 9.81. The summed E-state index contributed by atoms with van der Waals surface area (Å²) in [7, 11) is 0. The van der Waals surface area contributed by atoms with E-state index in [0.29, 0.717) is 5.41 Å². The predicted molar refractivity (Wildman–Crippen MR) is 85.1 cm³/mol. The maximum atomic E-state index is 2.46. The normalized spacial score (nSPS) is 12.3. The molecule has 0 aromatic heterocycles. The summed E-state index contributed by atoms with van der Waals surface area (Å²) in [5, 5.41) is 0. The van der Waals surface area contributed by atoms with Gasteiger partial charge in [-0.1, -0.05) is 92.4 Å². The minimum Gasteiger partial charge on any atom is -0.0654 e. The first kappa shape index (κ1) is 18.0. The van der Waals surface area contributed by atoms with E-state index in [1.807, 2.05) is 0 Å². The Hall–Kier alpha value is 0. The molecule has 0 radical (unpaired) electrons. The molecule has 110 valence electrons. The molecule has 0 unspecified atom stereocenters. The van der Waals surface area contributed by atoms with Crippen LogP contribution in [0.25, 0.3) is 0 Å². The molecule has 18 heavy (non-hydrogen) atoms. The Kier molecular flexibility index (Phi) is 10.9. The van der Waals surface area contributed by atoms with Crippen LogP contribution in [0.3, 0.4) is 0 Å². The molecule has 0 atom stereocenters. The van der Waals surface area contributed by atoms with Crippen LogP contribution in [-0.2, 0) is 0 Å². The summed E-state index contributed by atoms with van der Waals surface area (Å²) in [4.78, 5) is 0. The van der Waals surface area contributed by atoms with Crippen molar-refractivity contribution in [2.24, 2.45) is 11.3 Å². The molecule has 0 nitrogen and oxygen atoms in total. The molecule has 0 aliphatic carbocycles. The van der Waals surface area contributed by atoms with Crippen LogP contribution < -0.4 is 0 Å². The zero-order valence-electron chi connectivity index (χ0n) is 13.9. The first-order chi connectivity index (χ1) is 8.48. The molecule has 0 amide bonds. The number of unbranched alkanes of at least 4 members (excludes halogenated alkanes) is 6. The smallest absolute Gasteiger partial charge is 0.0354 e. The van der Waals surface area contributed by atoms with Crippen LogP contribution in [-0.4, -0.2) is 0 Å². The van der Waals surface area contributed by atoms with Gasteiger partial charge in [0.15, 0.2) is 0 Å². The Bertz CT molecular complexity index is 167. The predicted octanol–water partition coefficient (Wildman–Crippen LogP) is 6.98. The summed E-state index contributed by atoms with van der Waals surface area (Å²) >= 11 is 0. The van der Waals surface area contributed by atoms with Crippen LogP contribution in [0.1, 0.15) is 105 Å². The lowest BCUT2D eigenvalue weighted by molar-refractivity contribution is 0.277. The molecular formula is C18H38. The summed E-state index contributed by atoms with van der Waals surface area (Å²) in [5.74, 6) is 0.874. The van der Waals surface area contributed by atoms with E-state index in [1.54, 1.807) is 0 Å². The first-order valence-corrected chi connectivity index (χ1v) is 8.48. The third-order valence-corrected chi connectivity index (χ3v) is 4.09. The highest BCUT2D eigenvalue weighted by Crippen LogP contribution is 2.30. The van der Waals surface area contributed by atoms with Gasteiger partial charge in [0.25, 0.3) is 0 Å². The van der Waals surface area contributed by atoms with Crippen LogP contribution in [0.15, 0.2) is 0 Å². The molecule has 0 aromatic carbocycles. The van der Waals surface area contributed by atoms with Crippen molar-refractivity contribution in [1.29, 1.82) is 0 Å². The van der Waals surface area contributed by atoms with Crippen molar-refractivity contribution < 1.29 is 0 Å². The largest absolute Gasteiger partial charge is 0.0654 e. The third-order valence-electron chi connectivity index (χ3n) is 4.09. The van der Waals surface area contributed by atoms with Crippen molar-refractivity contribution >= 4 is 0 Å². The van der Waals surface area contributed by atoms with Crippen LogP contribution >= 0.6 is 0 Å². The fourth-order valence-electron chi connectivity index (χ4n) is 2.67. The Morgan fingerprint density at radius 2 is 1.22 bits per heavy atom. The summed E-state index contributed by atoms with van der Waals surface area (Å²) in [6.07, 6.45) is 15.7. The van der Waals surface area contributed by atoms with Gasteiger partial charge in [-0.15, -0.1) is 0 Å². The molecule has 0 saturated carbocycles. The first-order valence-electron chi connectivity index (χ1n) is 8.48. The van der Waals surface area contributed by atoms with Gasteiger partial charge < -0.3 is 0 Å². The number of hydrogen-bond donors (Lipinski definition) is 0. The Morgan fingerprint density at radius 1 is 0.722 bits per heavy atom. The Morgan fingerprint density at radius 3 is 1.78 bits per heavy atom. The number of hydrogen-bond acceptors (Lipinski definition) is 0. The second-order valence-corrected chi connectivity index (χ2v) is 7.32. The van der Waals surface area contributed by atoms with Gasteiger partial charge in [-0.2, -0.15) is 0 Å². The van der Waals surface area contributed by atoms with Crippen LogP contribution in [0.2, 0.25) is 0 Å². The molecule has 0 aliphatic rings. The van der Waals surface area contributed by atoms with Gasteiger partial charge in [-0.05, 0) is 24.2 Å². The van der Waals surface area contributed by atoms with Gasteiger partial charge in [0.2, 0.25) is 0 Å². The maximum Gasteiger partial charge on any atom is -0.0354 e. The van der Waals surface area contributed by atoms with Crippen molar-refractivity contribution in [2.45, 2.75) is 105 Å². The van der Waals surface area contributed by atoms with E-state index in [2.05, 4.69) is 34.6 Å². The average molecular weight is 255 g/mol. The van der Waals surface area contributed by atoms with E-state index in [4.69, 9.17) is 0 Å². The Labute approximate surface area is 117 Å². The Balaban J connectivity index is 3.40. The summed E-state index contributed by atoms with van der Waals surface area (Å²) in [6.45, 7) is 11.9. The van der Waals surface area contributed by atoms with E-state index >= 15 is 0 Å². The van der Waals surface area contributed by atoms with E-state index in [1.165, 1.54) is 70.6 Å². The highest BCUT2D eigenvalue weighted by molar-refractivity contribution is 4.69. The topological polar surface area (TPSA) is 0 Å². The maximum absolute atomic E-state index is 2.46. The lowest BCUT2D eigenvalue weighted by Gasteiger charge is -2.25. The average Bonchev–Trinajstić information content (AvgIpc) is 2.27. The zero-order chi connectivity index (χ0) is 13.9. The summed E-state index contributed by atoms with van der Waals surface area (Å²) < 4.78 is 0. The van der Waals surface area contributed by atoms with E-state index in [0.717, 1.165) is 5.92 Å². The monoisotopic (exact) mass is 254 g/mol. The minimum absolute atomic E-state index is 0.582. The molecule has 0 bridgehead atoms. The van der Waals surface area contributed by atoms with Gasteiger partial charge in [-0.25, -0.2) is 0 Å². The molecule has 0 spiro atoms. The fourth-order valence-corrected chi connectivity index (χ4v) is 2.67. The second kappa shape index (κ2) is 10.9. The van der Waals surface area contributed by atoms with Gasteiger partial charge in [0.1, 0.15) is 0 Å². The van der Waals surface area contributed by atoms with E-state index in [9.17, 15) is 0 Å². The fraction of sp³-hybridized carbons (Fsp3) is 1.00. The molecule has 0 heteroatoms. The van der Waals surface area contributed by atoms with Gasteiger partial charge >= 0.3 is 0 Å². The van der Waals surface area contributed by atoms with Gasteiger partial charge in [-0.3, -0.25) is 0 Å². The van der Waals surface area contributed by atoms with E-state index in [-0.39, 0.29) is 0 Å². The summed E-state index contributed by atoms with van der Waals surface area (Å²) in [5.41, 5.74) is 0.582. The SMILES string of the molecule is CCCCCCCCCC(C)(C)CCCC(C)C. The lowest BCUT2D eigenvalue weighted by Crippen LogP contribution is -2.11. The highest BCUT2D eigenvalue weighted by atomic mass is 14.2. The standard InChI is InChI=1S/C18H38/c1-6-7-8-9-10-11-12-15-18(4,5)16-13-14-17(2)3/h17H,6-16H2,1-5H3. The molecule has 0 fully saturated rings. The molecule has 0 rings (SSSR count). The highest BCUT2D eigenvalue weighted by Gasteiger charge is 2.16. The van der Waals surface area contributed by atoms with Crippen LogP contribution in [0.4, 0.5) is 0 Å². The molecule has 0 saturated heterocycles. The molecule has 0 aliphatic heterocycles. The van der Waals surface area contributed by atoms with E-state index < -0.39 is 0 Å². The molecule has 0 heterocycles. The molecule has 0 N–H and O–H groups in total. The zero-order valence-corrected chi connectivity index (χ0v) is 13.9. The van der Waals surface area contributed by atoms with Gasteiger partial charge in [0, 0.05) is 0 Å². The minimum atomic E-state index is 0.582. The van der Waals surface area contributed by atoms with Crippen molar-refractivity contribution in [2.75, 3.05) is 0 Å². The summed E-state index contributed by atoms with van der Waals surface area (Å²) in [6, 6.07) is 0. The van der Waals surface area contributed by atoms with Crippen LogP contribution in [0.5, 0.6) is 0 Å². The number of rotatable bonds is 12. The van der Waals surface area contributed by atoms with Crippen molar-refractivity contribution in [3.05, 3.63) is 0 Å². The molecular weight excluding hydrogens is 216 g/mol.